The molecule has 0 radical (unpaired) electrons. The first-order valence-corrected chi connectivity index (χ1v) is 6.83. The largest absolute Gasteiger partial charge is 0.397 e. The van der Waals surface area contributed by atoms with E-state index in [-0.39, 0.29) is 0 Å². The van der Waals surface area contributed by atoms with Gasteiger partial charge in [-0.3, -0.25) is 0 Å². The van der Waals surface area contributed by atoms with Crippen molar-refractivity contribution in [3.8, 4) is 0 Å². The van der Waals surface area contributed by atoms with Crippen molar-refractivity contribution in [1.82, 2.24) is 0 Å². The van der Waals surface area contributed by atoms with Crippen molar-refractivity contribution in [3.63, 3.8) is 0 Å². The summed E-state index contributed by atoms with van der Waals surface area (Å²) in [6, 6.07) is 0.934. The zero-order valence-electron chi connectivity index (χ0n) is 8.71. The minimum Gasteiger partial charge on any atom is -0.397 e. The summed E-state index contributed by atoms with van der Waals surface area (Å²) in [6.45, 7) is 5.81. The maximum Gasteiger partial charge on any atom is 0.321 e. The summed E-state index contributed by atoms with van der Waals surface area (Å²) in [7, 11) is -1.44. The summed E-state index contributed by atoms with van der Waals surface area (Å²) in [6.07, 6.45) is 4.32. The molecule has 13 heavy (non-hydrogen) atoms. The average Bonchev–Trinajstić information content (AvgIpc) is 2.17. The van der Waals surface area contributed by atoms with Crippen LogP contribution in [0.15, 0.2) is 0 Å². The van der Waals surface area contributed by atoms with Gasteiger partial charge in [0.05, 0.1) is 0 Å². The molecule has 0 amide bonds. The third-order valence-corrected chi connectivity index (χ3v) is 3.58. The molecule has 0 aliphatic heterocycles. The Morgan fingerprint density at radius 3 is 2.08 bits per heavy atom. The summed E-state index contributed by atoms with van der Waals surface area (Å²) in [4.78, 5) is 0. The van der Waals surface area contributed by atoms with Gasteiger partial charge < -0.3 is 14.3 Å². The van der Waals surface area contributed by atoms with Crippen molar-refractivity contribution < 1.29 is 8.85 Å². The van der Waals surface area contributed by atoms with Gasteiger partial charge in [-0.1, -0.05) is 13.8 Å². The van der Waals surface area contributed by atoms with E-state index in [9.17, 15) is 0 Å². The Bertz CT molecular complexity index is 114. The number of nitrogens with one attached hydrogen (secondary N) is 1. The Morgan fingerprint density at radius 2 is 1.69 bits per heavy atom. The van der Waals surface area contributed by atoms with Gasteiger partial charge in [0.1, 0.15) is 0 Å². The van der Waals surface area contributed by atoms with E-state index in [0.717, 1.165) is 38.5 Å². The fraction of sp³-hybridized carbons (Fsp3) is 0.889. The molecule has 0 aromatic heterocycles. The van der Waals surface area contributed by atoms with Gasteiger partial charge in [0, 0.05) is 13.2 Å². The van der Waals surface area contributed by atoms with Gasteiger partial charge in [0.15, 0.2) is 0 Å². The van der Waals surface area contributed by atoms with Crippen LogP contribution in [-0.2, 0) is 8.85 Å². The van der Waals surface area contributed by atoms with Crippen molar-refractivity contribution in [3.05, 3.63) is 0 Å². The molecule has 78 valence electrons. The van der Waals surface area contributed by atoms with Crippen molar-refractivity contribution in [2.24, 2.45) is 0 Å². The van der Waals surface area contributed by atoms with Gasteiger partial charge in [0.2, 0.25) is 0 Å². The van der Waals surface area contributed by atoms with Crippen LogP contribution in [0.5, 0.6) is 0 Å². The Hall–Kier alpha value is -0.193. The van der Waals surface area contributed by atoms with Crippen LogP contribution in [-0.4, -0.2) is 28.7 Å². The number of rotatable bonds is 9. The second kappa shape index (κ2) is 9.89. The van der Waals surface area contributed by atoms with Gasteiger partial charge in [-0.2, -0.15) is 0 Å². The average molecular weight is 203 g/mol. The lowest BCUT2D eigenvalue weighted by molar-refractivity contribution is 0.197. The van der Waals surface area contributed by atoms with E-state index >= 15 is 0 Å². The van der Waals surface area contributed by atoms with Crippen LogP contribution >= 0.6 is 0 Å². The molecular weight excluding hydrogens is 182 g/mol. The third kappa shape index (κ3) is 8.15. The zero-order chi connectivity index (χ0) is 9.94. The molecule has 1 N–H and O–H groups in total. The van der Waals surface area contributed by atoms with Gasteiger partial charge in [0.25, 0.3) is 0 Å². The summed E-state index contributed by atoms with van der Waals surface area (Å²) in [5, 5.41) is 6.94. The SMILES string of the molecule is CCCO[SiH](CCC=N)OCCC. The van der Waals surface area contributed by atoms with Crippen LogP contribution in [0.2, 0.25) is 6.04 Å². The van der Waals surface area contributed by atoms with E-state index in [1.54, 1.807) is 0 Å². The zero-order valence-corrected chi connectivity index (χ0v) is 9.87. The molecular formula is C9H21NO2Si. The second-order valence-corrected chi connectivity index (χ2v) is 5.06. The fourth-order valence-electron chi connectivity index (χ4n) is 0.933. The minimum atomic E-state index is -1.44. The van der Waals surface area contributed by atoms with E-state index < -0.39 is 9.28 Å². The Kier molecular flexibility index (Phi) is 9.74. The van der Waals surface area contributed by atoms with Gasteiger partial charge in [-0.15, -0.1) is 0 Å². The van der Waals surface area contributed by atoms with Crippen molar-refractivity contribution in [2.75, 3.05) is 13.2 Å². The molecule has 0 aliphatic rings. The minimum absolute atomic E-state index is 0.796. The molecule has 3 nitrogen and oxygen atoms in total. The standard InChI is InChI=1S/C9H21NO2Si/c1-3-7-11-13(9-5-6-10)12-8-4-2/h6,10,13H,3-5,7-9H2,1-2H3. The number of hydrogen-bond acceptors (Lipinski definition) is 3. The smallest absolute Gasteiger partial charge is 0.321 e. The Labute approximate surface area is 82.8 Å². The molecule has 0 atom stereocenters. The molecule has 0 unspecified atom stereocenters. The predicted molar refractivity (Wildman–Crippen MR) is 57.8 cm³/mol. The first-order valence-electron chi connectivity index (χ1n) is 5.07. The fourth-order valence-corrected chi connectivity index (χ4v) is 2.80. The molecule has 0 saturated carbocycles. The van der Waals surface area contributed by atoms with Gasteiger partial charge >= 0.3 is 9.28 Å². The van der Waals surface area contributed by atoms with Crippen LogP contribution in [0.25, 0.3) is 0 Å². The van der Waals surface area contributed by atoms with Crippen molar-refractivity contribution in [2.45, 2.75) is 39.2 Å². The Morgan fingerprint density at radius 1 is 1.15 bits per heavy atom. The van der Waals surface area contributed by atoms with Crippen LogP contribution in [0.4, 0.5) is 0 Å². The van der Waals surface area contributed by atoms with Crippen LogP contribution in [0.3, 0.4) is 0 Å². The quantitative estimate of drug-likeness (QED) is 0.460. The van der Waals surface area contributed by atoms with E-state index in [4.69, 9.17) is 14.3 Å². The molecule has 4 heteroatoms. The van der Waals surface area contributed by atoms with Crippen LogP contribution in [0, 0.1) is 5.41 Å². The molecule has 0 aliphatic carbocycles. The Balaban J connectivity index is 3.52. The highest BCUT2D eigenvalue weighted by Gasteiger charge is 2.11. The monoisotopic (exact) mass is 203 g/mol. The number of hydrogen-bond donors (Lipinski definition) is 1. The normalized spacial score (nSPS) is 10.7. The highest BCUT2D eigenvalue weighted by atomic mass is 28.3. The lowest BCUT2D eigenvalue weighted by atomic mass is 10.5. The molecule has 0 heterocycles. The topological polar surface area (TPSA) is 42.3 Å². The second-order valence-electron chi connectivity index (χ2n) is 2.95. The van der Waals surface area contributed by atoms with E-state index in [2.05, 4.69) is 13.8 Å². The molecule has 0 fully saturated rings. The molecule has 0 aromatic rings. The van der Waals surface area contributed by atoms with Gasteiger partial charge in [-0.05, 0) is 31.5 Å². The summed E-state index contributed by atoms with van der Waals surface area (Å²) >= 11 is 0. The first-order chi connectivity index (χ1) is 6.35. The van der Waals surface area contributed by atoms with E-state index in [1.807, 2.05) is 0 Å². The summed E-state index contributed by atoms with van der Waals surface area (Å²) in [5.74, 6) is 0. The van der Waals surface area contributed by atoms with Crippen molar-refractivity contribution >= 4 is 15.5 Å². The van der Waals surface area contributed by atoms with Gasteiger partial charge in [-0.25, -0.2) is 0 Å². The van der Waals surface area contributed by atoms with Crippen molar-refractivity contribution in [1.29, 1.82) is 5.41 Å². The van der Waals surface area contributed by atoms with Crippen LogP contribution < -0.4 is 0 Å². The summed E-state index contributed by atoms with van der Waals surface area (Å²) < 4.78 is 11.2. The highest BCUT2D eigenvalue weighted by molar-refractivity contribution is 6.44. The summed E-state index contributed by atoms with van der Waals surface area (Å²) in [5.41, 5.74) is 0. The molecule has 0 spiro atoms. The van der Waals surface area contributed by atoms with E-state index in [1.165, 1.54) is 6.21 Å². The lowest BCUT2D eigenvalue weighted by Crippen LogP contribution is -2.23. The molecule has 0 rings (SSSR count). The highest BCUT2D eigenvalue weighted by Crippen LogP contribution is 2.01. The van der Waals surface area contributed by atoms with E-state index in [0.29, 0.717) is 0 Å². The molecule has 0 bridgehead atoms. The maximum absolute atomic E-state index is 6.94. The van der Waals surface area contributed by atoms with Crippen LogP contribution in [0.1, 0.15) is 33.1 Å². The third-order valence-electron chi connectivity index (χ3n) is 1.56. The molecule has 0 aromatic carbocycles. The first kappa shape index (κ1) is 12.8. The lowest BCUT2D eigenvalue weighted by Gasteiger charge is -2.14. The predicted octanol–water partition coefficient (Wildman–Crippen LogP) is 2.10. The molecule has 0 saturated heterocycles. The maximum atomic E-state index is 6.94.